The van der Waals surface area contributed by atoms with Gasteiger partial charge in [-0.15, -0.1) is 10.2 Å². The molecule has 0 saturated heterocycles. The van der Waals surface area contributed by atoms with Gasteiger partial charge in [-0.3, -0.25) is 13.9 Å². The second kappa shape index (κ2) is 11.6. The summed E-state index contributed by atoms with van der Waals surface area (Å²) in [6.07, 6.45) is 4.61. The molecule has 2 aromatic carbocycles. The molecule has 10 nitrogen and oxygen atoms in total. The van der Waals surface area contributed by atoms with E-state index in [1.165, 1.54) is 4.57 Å². The highest BCUT2D eigenvalue weighted by Gasteiger charge is 2.21. The number of hydrogen-bond acceptors (Lipinski definition) is 6. The minimum atomic E-state index is -0.286. The molecule has 10 heteroatoms. The van der Waals surface area contributed by atoms with Crippen molar-refractivity contribution < 1.29 is 0 Å². The van der Waals surface area contributed by atoms with Gasteiger partial charge in [0.1, 0.15) is 5.82 Å². The van der Waals surface area contributed by atoms with E-state index in [1.54, 1.807) is 4.57 Å². The Morgan fingerprint density at radius 2 is 1.62 bits per heavy atom. The fraction of sp³-hybridized carbons (Fsp3) is 0.379. The van der Waals surface area contributed by atoms with E-state index < -0.39 is 0 Å². The van der Waals surface area contributed by atoms with Gasteiger partial charge in [0.25, 0.3) is 5.56 Å². The number of aromatic amines is 1. The van der Waals surface area contributed by atoms with E-state index in [-0.39, 0.29) is 11.2 Å². The van der Waals surface area contributed by atoms with Crippen LogP contribution in [0, 0.1) is 0 Å². The van der Waals surface area contributed by atoms with Crippen molar-refractivity contribution in [2.24, 2.45) is 0 Å². The van der Waals surface area contributed by atoms with Crippen molar-refractivity contribution in [2.45, 2.75) is 72.5 Å². The molecule has 202 valence electrons. The molecular formula is C29H34N8O2. The van der Waals surface area contributed by atoms with Gasteiger partial charge in [0.15, 0.2) is 11.2 Å². The molecule has 3 aromatic heterocycles. The Balaban J connectivity index is 1.57. The average molecular weight is 527 g/mol. The zero-order valence-electron chi connectivity index (χ0n) is 22.7. The standard InChI is InChI=1S/C29H34N8O2/c1-4-7-8-13-24-30-27-25(28(38)36(18-5-2)29(39)35(27)6-3)37(24)19-20-14-16-21(17-15-20)22-11-9-10-12-23(22)26-31-33-34-32-26/h9-12,14-17H,4-8,13,18-19H2,1-3H3,(H,31,32,33,34). The first-order valence-corrected chi connectivity index (χ1v) is 13.7. The quantitative estimate of drug-likeness (QED) is 0.255. The van der Waals surface area contributed by atoms with E-state index in [9.17, 15) is 9.59 Å². The number of hydrogen-bond donors (Lipinski definition) is 1. The van der Waals surface area contributed by atoms with Crippen molar-refractivity contribution in [3.8, 4) is 22.5 Å². The summed E-state index contributed by atoms with van der Waals surface area (Å²) in [5, 5.41) is 14.5. The summed E-state index contributed by atoms with van der Waals surface area (Å²) in [4.78, 5) is 31.6. The number of H-pyrrole nitrogens is 1. The second-order valence-corrected chi connectivity index (χ2v) is 9.71. The summed E-state index contributed by atoms with van der Waals surface area (Å²) < 4.78 is 5.01. The zero-order chi connectivity index (χ0) is 27.4. The Kier molecular flexibility index (Phi) is 7.81. The van der Waals surface area contributed by atoms with Crippen LogP contribution in [-0.2, 0) is 26.1 Å². The monoisotopic (exact) mass is 526 g/mol. The average Bonchev–Trinajstić information content (AvgIpc) is 3.61. The third-order valence-corrected chi connectivity index (χ3v) is 7.08. The number of unbranched alkanes of at least 4 members (excludes halogenated alkanes) is 2. The Hall–Kier alpha value is -4.34. The molecule has 0 fully saturated rings. The molecule has 0 amide bonds. The number of nitrogens with zero attached hydrogens (tertiary/aromatic N) is 7. The molecule has 0 atom stereocenters. The van der Waals surface area contributed by atoms with Crippen LogP contribution in [0.5, 0.6) is 0 Å². The number of aryl methyl sites for hydroxylation is 2. The van der Waals surface area contributed by atoms with E-state index >= 15 is 0 Å². The van der Waals surface area contributed by atoms with Gasteiger partial charge >= 0.3 is 5.69 Å². The van der Waals surface area contributed by atoms with Crippen LogP contribution in [0.2, 0.25) is 0 Å². The van der Waals surface area contributed by atoms with Crippen molar-refractivity contribution in [1.82, 2.24) is 39.3 Å². The molecule has 0 spiro atoms. The summed E-state index contributed by atoms with van der Waals surface area (Å²) in [7, 11) is 0. The molecule has 0 saturated carbocycles. The predicted molar refractivity (Wildman–Crippen MR) is 152 cm³/mol. The van der Waals surface area contributed by atoms with Gasteiger partial charge in [-0.25, -0.2) is 9.78 Å². The maximum Gasteiger partial charge on any atom is 0.332 e. The molecule has 5 aromatic rings. The lowest BCUT2D eigenvalue weighted by Gasteiger charge is -2.13. The Bertz CT molecular complexity index is 1680. The Labute approximate surface area is 226 Å². The van der Waals surface area contributed by atoms with Gasteiger partial charge in [0, 0.05) is 31.6 Å². The van der Waals surface area contributed by atoms with Gasteiger partial charge in [-0.05, 0) is 41.7 Å². The van der Waals surface area contributed by atoms with Gasteiger partial charge in [-0.2, -0.15) is 5.21 Å². The van der Waals surface area contributed by atoms with E-state index in [1.807, 2.05) is 42.7 Å². The highest BCUT2D eigenvalue weighted by atomic mass is 16.2. The molecule has 0 unspecified atom stereocenters. The first-order valence-electron chi connectivity index (χ1n) is 13.7. The first-order chi connectivity index (χ1) is 19.1. The third kappa shape index (κ3) is 5.06. The molecule has 0 aliphatic heterocycles. The number of nitrogens with one attached hydrogen (secondary N) is 1. The minimum absolute atomic E-state index is 0.263. The largest absolute Gasteiger partial charge is 0.332 e. The molecule has 0 radical (unpaired) electrons. The highest BCUT2D eigenvalue weighted by molar-refractivity contribution is 5.80. The van der Waals surface area contributed by atoms with Crippen molar-refractivity contribution in [3.05, 3.63) is 80.8 Å². The zero-order valence-corrected chi connectivity index (χ0v) is 22.7. The molecule has 39 heavy (non-hydrogen) atoms. The Morgan fingerprint density at radius 3 is 2.28 bits per heavy atom. The minimum Gasteiger partial charge on any atom is -0.318 e. The van der Waals surface area contributed by atoms with E-state index in [4.69, 9.17) is 4.98 Å². The van der Waals surface area contributed by atoms with Crippen LogP contribution in [0.25, 0.3) is 33.7 Å². The number of tetrazole rings is 1. The van der Waals surface area contributed by atoms with E-state index in [2.05, 4.69) is 51.8 Å². The van der Waals surface area contributed by atoms with Crippen molar-refractivity contribution in [1.29, 1.82) is 0 Å². The number of imidazole rings is 1. The SMILES string of the molecule is CCCCCc1nc2c(c(=O)n(CCC)c(=O)n2CC)n1Cc1ccc(-c2ccccc2-c2nn[nH]n2)cc1. The van der Waals surface area contributed by atoms with Crippen LogP contribution in [-0.4, -0.2) is 39.3 Å². The second-order valence-electron chi connectivity index (χ2n) is 9.71. The fourth-order valence-corrected chi connectivity index (χ4v) is 5.11. The van der Waals surface area contributed by atoms with Gasteiger partial charge < -0.3 is 4.57 Å². The van der Waals surface area contributed by atoms with Crippen molar-refractivity contribution in [3.63, 3.8) is 0 Å². The lowest BCUT2D eigenvalue weighted by atomic mass is 9.98. The highest BCUT2D eigenvalue weighted by Crippen LogP contribution is 2.30. The third-order valence-electron chi connectivity index (χ3n) is 7.08. The smallest absolute Gasteiger partial charge is 0.318 e. The topological polar surface area (TPSA) is 116 Å². The van der Waals surface area contributed by atoms with Gasteiger partial charge in [-0.1, -0.05) is 75.2 Å². The van der Waals surface area contributed by atoms with Crippen LogP contribution >= 0.6 is 0 Å². The summed E-state index contributed by atoms with van der Waals surface area (Å²) >= 11 is 0. The molecular weight excluding hydrogens is 492 g/mol. The maximum absolute atomic E-state index is 13.6. The Morgan fingerprint density at radius 1 is 0.846 bits per heavy atom. The van der Waals surface area contributed by atoms with E-state index in [0.717, 1.165) is 53.8 Å². The summed E-state index contributed by atoms with van der Waals surface area (Å²) in [5.41, 5.74) is 4.41. The fourth-order valence-electron chi connectivity index (χ4n) is 5.11. The summed E-state index contributed by atoms with van der Waals surface area (Å²) in [5.74, 6) is 1.39. The normalized spacial score (nSPS) is 11.5. The van der Waals surface area contributed by atoms with Crippen LogP contribution < -0.4 is 11.2 Å². The summed E-state index contributed by atoms with van der Waals surface area (Å²) in [6, 6.07) is 16.2. The van der Waals surface area contributed by atoms with Crippen LogP contribution in [0.15, 0.2) is 58.1 Å². The molecule has 1 N–H and O–H groups in total. The molecule has 0 aliphatic carbocycles. The first kappa shape index (κ1) is 26.3. The number of aromatic nitrogens is 8. The number of benzene rings is 2. The van der Waals surface area contributed by atoms with Crippen molar-refractivity contribution >= 4 is 11.2 Å². The lowest BCUT2D eigenvalue weighted by Crippen LogP contribution is -2.40. The van der Waals surface area contributed by atoms with Crippen molar-refractivity contribution in [2.75, 3.05) is 0 Å². The molecule has 0 aliphatic rings. The van der Waals surface area contributed by atoms with Crippen LogP contribution in [0.1, 0.15) is 57.8 Å². The van der Waals surface area contributed by atoms with Crippen LogP contribution in [0.4, 0.5) is 0 Å². The molecule has 0 bridgehead atoms. The number of fused-ring (bicyclic) bond motifs is 1. The molecule has 5 rings (SSSR count). The molecule has 3 heterocycles. The van der Waals surface area contributed by atoms with Gasteiger partial charge in [0.2, 0.25) is 5.82 Å². The lowest BCUT2D eigenvalue weighted by molar-refractivity contribution is 0.570. The summed E-state index contributed by atoms with van der Waals surface area (Å²) in [6.45, 7) is 7.39. The van der Waals surface area contributed by atoms with E-state index in [0.29, 0.717) is 43.0 Å². The predicted octanol–water partition coefficient (Wildman–Crippen LogP) is 4.42. The van der Waals surface area contributed by atoms with Crippen LogP contribution in [0.3, 0.4) is 0 Å². The van der Waals surface area contributed by atoms with Gasteiger partial charge in [0.05, 0.1) is 0 Å². The number of rotatable bonds is 11. The maximum atomic E-state index is 13.6.